The summed E-state index contributed by atoms with van der Waals surface area (Å²) in [4.78, 5) is 0. The highest BCUT2D eigenvalue weighted by Crippen LogP contribution is 2.31. The van der Waals surface area contributed by atoms with E-state index in [9.17, 15) is 5.11 Å². The zero-order valence-electron chi connectivity index (χ0n) is 10.1. The van der Waals surface area contributed by atoms with E-state index in [1.807, 2.05) is 13.0 Å². The van der Waals surface area contributed by atoms with Gasteiger partial charge in [0.2, 0.25) is 0 Å². The molecule has 0 saturated heterocycles. The largest absolute Gasteiger partial charge is 0.507 e. The van der Waals surface area contributed by atoms with Gasteiger partial charge in [0.05, 0.1) is 0 Å². The van der Waals surface area contributed by atoms with Crippen molar-refractivity contribution in [1.29, 1.82) is 0 Å². The first kappa shape index (κ1) is 11.8. The predicted octanol–water partition coefficient (Wildman–Crippen LogP) is 3.90. The third-order valence-corrected chi connectivity index (χ3v) is 2.69. The lowest BCUT2D eigenvalue weighted by Gasteiger charge is -2.21. The minimum Gasteiger partial charge on any atom is -0.507 e. The monoisotopic (exact) mass is 204 g/mol. The van der Waals surface area contributed by atoms with Crippen molar-refractivity contribution in [3.63, 3.8) is 0 Å². The van der Waals surface area contributed by atoms with Crippen molar-refractivity contribution in [2.24, 2.45) is 0 Å². The molecule has 0 radical (unpaired) electrons. The van der Waals surface area contributed by atoms with Crippen molar-refractivity contribution in [2.75, 3.05) is 0 Å². The molecule has 1 nitrogen and oxygen atoms in total. The van der Waals surface area contributed by atoms with Crippen molar-refractivity contribution < 1.29 is 5.11 Å². The van der Waals surface area contributed by atoms with Gasteiger partial charge in [0.15, 0.2) is 0 Å². The van der Waals surface area contributed by atoms with Crippen LogP contribution in [0.2, 0.25) is 0 Å². The van der Waals surface area contributed by atoms with Gasteiger partial charge in [0, 0.05) is 5.56 Å². The second-order valence-electron chi connectivity index (χ2n) is 4.88. The molecule has 0 aliphatic heterocycles. The standard InChI is InChI=1S/C14H20O/c1-6-10-8-12(14(3,4)5)9-11(7-2)13(10)15/h6,8-9,15H,1,7H2,2-5H3. The third kappa shape index (κ3) is 2.41. The van der Waals surface area contributed by atoms with Gasteiger partial charge in [-0.2, -0.15) is 0 Å². The Kier molecular flexibility index (Phi) is 3.23. The molecule has 82 valence electrons. The lowest BCUT2D eigenvalue weighted by molar-refractivity contribution is 0.466. The first-order valence-corrected chi connectivity index (χ1v) is 5.39. The average Bonchev–Trinajstić information content (AvgIpc) is 2.16. The van der Waals surface area contributed by atoms with Crippen LogP contribution < -0.4 is 0 Å². The summed E-state index contributed by atoms with van der Waals surface area (Å²) in [5.41, 5.74) is 3.18. The quantitative estimate of drug-likeness (QED) is 0.774. The van der Waals surface area contributed by atoms with E-state index in [0.717, 1.165) is 17.5 Å². The summed E-state index contributed by atoms with van der Waals surface area (Å²) >= 11 is 0. The Morgan fingerprint density at radius 1 is 1.33 bits per heavy atom. The van der Waals surface area contributed by atoms with Crippen molar-refractivity contribution in [3.05, 3.63) is 35.4 Å². The summed E-state index contributed by atoms with van der Waals surface area (Å²) in [6.45, 7) is 12.3. The fourth-order valence-corrected chi connectivity index (χ4v) is 1.58. The highest BCUT2D eigenvalue weighted by molar-refractivity contribution is 5.60. The molecular formula is C14H20O. The van der Waals surface area contributed by atoms with Crippen LogP contribution in [0.4, 0.5) is 0 Å². The van der Waals surface area contributed by atoms with E-state index < -0.39 is 0 Å². The van der Waals surface area contributed by atoms with Crippen LogP contribution in [-0.4, -0.2) is 5.11 Å². The van der Waals surface area contributed by atoms with Crippen molar-refractivity contribution >= 4 is 6.08 Å². The fourth-order valence-electron chi connectivity index (χ4n) is 1.58. The number of aryl methyl sites for hydroxylation is 1. The van der Waals surface area contributed by atoms with Crippen LogP contribution in [0.15, 0.2) is 18.7 Å². The highest BCUT2D eigenvalue weighted by Gasteiger charge is 2.16. The van der Waals surface area contributed by atoms with Crippen LogP contribution in [-0.2, 0) is 11.8 Å². The normalized spacial score (nSPS) is 11.5. The Hall–Kier alpha value is -1.24. The molecule has 0 saturated carbocycles. The van der Waals surface area contributed by atoms with E-state index in [1.165, 1.54) is 5.56 Å². The zero-order valence-corrected chi connectivity index (χ0v) is 10.1. The second-order valence-corrected chi connectivity index (χ2v) is 4.88. The van der Waals surface area contributed by atoms with Gasteiger partial charge in [0.1, 0.15) is 5.75 Å². The smallest absolute Gasteiger partial charge is 0.125 e. The maximum atomic E-state index is 9.91. The van der Waals surface area contributed by atoms with E-state index >= 15 is 0 Å². The number of benzene rings is 1. The first-order chi connectivity index (χ1) is 6.90. The summed E-state index contributed by atoms with van der Waals surface area (Å²) in [7, 11) is 0. The minimum atomic E-state index is 0.107. The van der Waals surface area contributed by atoms with Gasteiger partial charge in [-0.3, -0.25) is 0 Å². The van der Waals surface area contributed by atoms with Crippen LogP contribution >= 0.6 is 0 Å². The highest BCUT2D eigenvalue weighted by atomic mass is 16.3. The van der Waals surface area contributed by atoms with Crippen LogP contribution in [0.5, 0.6) is 5.75 Å². The summed E-state index contributed by atoms with van der Waals surface area (Å²) < 4.78 is 0. The molecule has 1 rings (SSSR count). The Bertz CT molecular complexity index is 370. The topological polar surface area (TPSA) is 20.2 Å². The summed E-state index contributed by atoms with van der Waals surface area (Å²) in [6, 6.07) is 4.10. The minimum absolute atomic E-state index is 0.107. The van der Waals surface area contributed by atoms with E-state index in [4.69, 9.17) is 0 Å². The molecule has 1 N–H and O–H groups in total. The van der Waals surface area contributed by atoms with E-state index in [2.05, 4.69) is 33.4 Å². The van der Waals surface area contributed by atoms with Crippen molar-refractivity contribution in [2.45, 2.75) is 39.5 Å². The Morgan fingerprint density at radius 2 is 1.93 bits per heavy atom. The van der Waals surface area contributed by atoms with Gasteiger partial charge in [-0.25, -0.2) is 0 Å². The average molecular weight is 204 g/mol. The molecule has 0 aliphatic carbocycles. The van der Waals surface area contributed by atoms with Gasteiger partial charge in [-0.05, 0) is 29.0 Å². The first-order valence-electron chi connectivity index (χ1n) is 5.39. The molecule has 0 atom stereocenters. The Balaban J connectivity index is 3.40. The molecule has 1 aromatic rings. The molecule has 0 aromatic heterocycles. The Labute approximate surface area is 92.5 Å². The SMILES string of the molecule is C=Cc1cc(C(C)(C)C)cc(CC)c1O. The summed E-state index contributed by atoms with van der Waals surface area (Å²) in [5, 5.41) is 9.91. The molecule has 0 unspecified atom stereocenters. The predicted molar refractivity (Wildman–Crippen MR) is 66.3 cm³/mol. The van der Waals surface area contributed by atoms with E-state index in [0.29, 0.717) is 5.75 Å². The molecular weight excluding hydrogens is 184 g/mol. The van der Waals surface area contributed by atoms with E-state index in [1.54, 1.807) is 6.08 Å². The number of aromatic hydroxyl groups is 1. The summed E-state index contributed by atoms with van der Waals surface area (Å²) in [5.74, 6) is 0.375. The maximum Gasteiger partial charge on any atom is 0.125 e. The van der Waals surface area contributed by atoms with Crippen LogP contribution in [0.1, 0.15) is 44.4 Å². The van der Waals surface area contributed by atoms with Crippen LogP contribution in [0.25, 0.3) is 6.08 Å². The number of phenols is 1. The zero-order chi connectivity index (χ0) is 11.6. The van der Waals surface area contributed by atoms with Gasteiger partial charge in [0.25, 0.3) is 0 Å². The lowest BCUT2D eigenvalue weighted by Crippen LogP contribution is -2.11. The van der Waals surface area contributed by atoms with Gasteiger partial charge in [-0.15, -0.1) is 0 Å². The number of phenolic OH excluding ortho intramolecular Hbond substituents is 1. The van der Waals surface area contributed by atoms with Crippen LogP contribution in [0.3, 0.4) is 0 Å². The lowest BCUT2D eigenvalue weighted by atomic mass is 9.84. The second kappa shape index (κ2) is 4.09. The van der Waals surface area contributed by atoms with Crippen LogP contribution in [0, 0.1) is 0 Å². The maximum absolute atomic E-state index is 9.91. The summed E-state index contributed by atoms with van der Waals surface area (Å²) in [6.07, 6.45) is 2.56. The molecule has 0 fully saturated rings. The number of rotatable bonds is 2. The molecule has 0 heterocycles. The number of hydrogen-bond acceptors (Lipinski definition) is 1. The fraction of sp³-hybridized carbons (Fsp3) is 0.429. The molecule has 1 aromatic carbocycles. The van der Waals surface area contributed by atoms with Gasteiger partial charge in [-0.1, -0.05) is 46.4 Å². The van der Waals surface area contributed by atoms with Gasteiger partial charge < -0.3 is 5.11 Å². The molecule has 0 aliphatic rings. The molecule has 15 heavy (non-hydrogen) atoms. The number of hydrogen-bond donors (Lipinski definition) is 1. The van der Waals surface area contributed by atoms with Gasteiger partial charge >= 0.3 is 0 Å². The van der Waals surface area contributed by atoms with Crippen molar-refractivity contribution in [1.82, 2.24) is 0 Å². The molecule has 1 heteroatoms. The Morgan fingerprint density at radius 3 is 2.33 bits per heavy atom. The van der Waals surface area contributed by atoms with Crippen molar-refractivity contribution in [3.8, 4) is 5.75 Å². The molecule has 0 spiro atoms. The molecule has 0 amide bonds. The molecule has 0 bridgehead atoms. The third-order valence-electron chi connectivity index (χ3n) is 2.69. The van der Waals surface area contributed by atoms with E-state index in [-0.39, 0.29) is 5.41 Å².